The zero-order valence-electron chi connectivity index (χ0n) is 76.0. The van der Waals surface area contributed by atoms with Crippen LogP contribution in [0.1, 0.15) is 196 Å². The molecule has 0 radical (unpaired) electrons. The quantitative estimate of drug-likeness (QED) is 0.0160. The summed E-state index contributed by atoms with van der Waals surface area (Å²) >= 11 is 3.28. The number of nitrogens with one attached hydrogen (secondary N) is 3. The molecule has 1 saturated carbocycles. The molecule has 37 heteroatoms. The van der Waals surface area contributed by atoms with E-state index >= 15 is 0 Å². The number of aromatic nitrogens is 3. The van der Waals surface area contributed by atoms with Gasteiger partial charge in [0.25, 0.3) is 17.7 Å². The smallest absolute Gasteiger partial charge is 0.253 e. The highest BCUT2D eigenvalue weighted by atomic mass is 79.9. The number of halogens is 7. The molecule has 726 valence electrons. The standard InChI is InChI=1S/C35H45BrF2N4O5S.C35H46F2N4O5S.C26H34F2N4O5S/c1-4-8-30(9-5-2)48(46,47)22-32(41-34(44)26-16-27(36)19-40-18-26)35(45)42(20-24-11-7-10-23(6-3)12-24)21-33(43)31(39)15-25-13-28(37)17-29(38)14-25;1-4-8-30(9-5-2)47(45,46)23-32(40-34(43)27-12-14-39-15-13-27)35(44)41(21-25-11-7-10-24(6-3)16-25)22-33(42)31(38)19-26-17-28(36)20-29(37)18-26;1-2-3-9-38(36,37)16-23(31-25(34)18-5-4-8-30-14-18)26(35)32(21-6-7-21)15-24(33)22(29)12-17-10-19(27)13-20(28)11-17/h7,10-14,16-19,30-33,43H,4-6,8-9,15,20-22,39H2,1-3H3,(H,41,44);7,10-18,20,30-33,42H,4-6,8-9,19,21-23,38H2,1-3H3,(H,40,43);4-5,8,10-11,13-14,21-24,33H,2-3,6-7,9,12,15-16,29H2,1H3,(H,31,34)/t2*31-,32+,33+;22-,23+,24+/m000/s1. The van der Waals surface area contributed by atoms with Gasteiger partial charge < -0.3 is 63.2 Å². The summed E-state index contributed by atoms with van der Waals surface area (Å²) in [6.45, 7) is 12.4. The topological polar surface area (TPSA) is 428 Å². The molecular weight excluding hydrogens is 1850 g/mol. The van der Waals surface area contributed by atoms with Gasteiger partial charge in [0.05, 0.1) is 63.0 Å². The molecule has 0 aliphatic heterocycles. The molecule has 8 aromatic rings. The number of amides is 6. The highest BCUT2D eigenvalue weighted by Crippen LogP contribution is 2.30. The van der Waals surface area contributed by atoms with Gasteiger partial charge in [0, 0.05) is 122 Å². The third-order valence-electron chi connectivity index (χ3n) is 22.4. The number of aliphatic hydroxyl groups excluding tert-OH is 3. The molecule has 1 aliphatic carbocycles. The van der Waals surface area contributed by atoms with Gasteiger partial charge in [0.1, 0.15) is 53.0 Å². The molecule has 3 aromatic heterocycles. The number of hydrogen-bond donors (Lipinski definition) is 9. The van der Waals surface area contributed by atoms with Crippen LogP contribution >= 0.6 is 15.9 Å². The third-order valence-corrected chi connectivity index (χ3v) is 29.2. The molecule has 1 fully saturated rings. The second kappa shape index (κ2) is 54.0. The van der Waals surface area contributed by atoms with Crippen LogP contribution in [-0.4, -0.2) is 219 Å². The first kappa shape index (κ1) is 110. The van der Waals surface area contributed by atoms with Crippen molar-refractivity contribution < 1.29 is 95.7 Å². The van der Waals surface area contributed by atoms with E-state index in [9.17, 15) is 95.7 Å². The number of hydrogen-bond acceptors (Lipinski definition) is 21. The Kier molecular flexibility index (Phi) is 44.6. The molecule has 27 nitrogen and oxygen atoms in total. The van der Waals surface area contributed by atoms with Crippen LogP contribution in [0.2, 0.25) is 0 Å². The van der Waals surface area contributed by atoms with Crippen molar-refractivity contribution in [3.63, 3.8) is 0 Å². The Bertz CT molecular complexity index is 5410. The van der Waals surface area contributed by atoms with E-state index in [0.29, 0.717) is 81.5 Å². The highest BCUT2D eigenvalue weighted by molar-refractivity contribution is 9.10. The van der Waals surface area contributed by atoms with Crippen LogP contribution < -0.4 is 33.2 Å². The fourth-order valence-corrected chi connectivity index (χ4v) is 21.5. The Hall–Kier alpha value is -9.96. The predicted octanol–water partition coefficient (Wildman–Crippen LogP) is 11.1. The van der Waals surface area contributed by atoms with Gasteiger partial charge in [-0.25, -0.2) is 51.6 Å². The number of carbonyl (C=O) groups excluding carboxylic acids is 6. The van der Waals surface area contributed by atoms with Gasteiger partial charge in [-0.05, 0) is 199 Å². The minimum atomic E-state index is -3.88. The van der Waals surface area contributed by atoms with Crippen LogP contribution in [0.4, 0.5) is 26.3 Å². The van der Waals surface area contributed by atoms with E-state index in [0.717, 1.165) is 89.7 Å². The molecule has 5 aromatic carbocycles. The van der Waals surface area contributed by atoms with Gasteiger partial charge in [-0.15, -0.1) is 0 Å². The van der Waals surface area contributed by atoms with Gasteiger partial charge in [0.2, 0.25) is 17.7 Å². The van der Waals surface area contributed by atoms with Crippen molar-refractivity contribution in [2.75, 3.05) is 42.6 Å². The molecule has 3 heterocycles. The maximum atomic E-state index is 14.4. The molecule has 133 heavy (non-hydrogen) atoms. The lowest BCUT2D eigenvalue weighted by molar-refractivity contribution is -0.135. The van der Waals surface area contributed by atoms with Crippen LogP contribution in [0, 0.1) is 34.9 Å². The van der Waals surface area contributed by atoms with E-state index in [1.165, 1.54) is 76.1 Å². The SMILES string of the molecule is CCCC(CCC)S(=O)(=O)C[C@@H](NC(=O)c1ccncc1)C(=O)N(Cc1cccc(CC)c1)C[C@@H](O)[C@@H](N)Cc1cc(F)cc(F)c1.CCCC(CCC)S(=O)(=O)C[C@@H](NC(=O)c1cncc(Br)c1)C(=O)N(Cc1cccc(CC)c1)C[C@@H](O)[C@@H](N)Cc1cc(F)cc(F)c1.CCCCS(=O)(=O)C[C@@H](NC(=O)c1cccnc1)C(=O)N(C[C@@H](O)[C@@H](N)Cc1cc(F)cc(F)c1)C1CC1. The fourth-order valence-electron chi connectivity index (χ4n) is 15.2. The number of sulfone groups is 3. The van der Waals surface area contributed by atoms with E-state index < -0.39 is 182 Å². The van der Waals surface area contributed by atoms with E-state index in [1.807, 2.05) is 84.9 Å². The number of unbranched alkanes of at least 4 members (excludes halogenated alkanes) is 1. The van der Waals surface area contributed by atoms with Crippen molar-refractivity contribution in [2.45, 2.75) is 242 Å². The van der Waals surface area contributed by atoms with Crippen molar-refractivity contribution >= 4 is 80.9 Å². The first-order valence-electron chi connectivity index (χ1n) is 44.8. The minimum Gasteiger partial charge on any atom is -0.390 e. The van der Waals surface area contributed by atoms with Crippen molar-refractivity contribution in [1.82, 2.24) is 45.6 Å². The zero-order valence-corrected chi connectivity index (χ0v) is 80.0. The lowest BCUT2D eigenvalue weighted by atomic mass is 10.0. The van der Waals surface area contributed by atoms with Gasteiger partial charge in [0.15, 0.2) is 29.5 Å². The van der Waals surface area contributed by atoms with E-state index in [1.54, 1.807) is 18.2 Å². The number of nitrogens with zero attached hydrogens (tertiary/aromatic N) is 6. The van der Waals surface area contributed by atoms with Gasteiger partial charge in [-0.2, -0.15) is 0 Å². The van der Waals surface area contributed by atoms with E-state index in [-0.39, 0.29) is 97.2 Å². The first-order valence-corrected chi connectivity index (χ1v) is 50.8. The van der Waals surface area contributed by atoms with Crippen molar-refractivity contribution in [3.8, 4) is 0 Å². The third kappa shape index (κ3) is 36.7. The second-order valence-electron chi connectivity index (χ2n) is 33.6. The summed E-state index contributed by atoms with van der Waals surface area (Å²) in [4.78, 5) is 97.6. The molecule has 6 amide bonds. The Labute approximate surface area is 784 Å². The monoisotopic (exact) mass is 1970 g/mol. The summed E-state index contributed by atoms with van der Waals surface area (Å²) < 4.78 is 163. The number of aliphatic hydroxyl groups is 3. The molecule has 9 atom stereocenters. The second-order valence-corrected chi connectivity index (χ2v) is 41.4. The molecule has 0 saturated heterocycles. The normalized spacial score (nSPS) is 14.3. The molecule has 1 aliphatic rings. The Morgan fingerprint density at radius 3 is 1.17 bits per heavy atom. The molecule has 9 rings (SSSR count). The average Bonchev–Trinajstić information content (AvgIpc) is 1.80. The van der Waals surface area contributed by atoms with Crippen LogP contribution in [-0.2, 0) is 89.1 Å². The lowest BCUT2D eigenvalue weighted by Crippen LogP contribution is -2.55. The summed E-state index contributed by atoms with van der Waals surface area (Å²) in [6.07, 6.45) is 12.1. The average molecular weight is 1980 g/mol. The zero-order chi connectivity index (χ0) is 97.9. The molecule has 12 N–H and O–H groups in total. The first-order chi connectivity index (χ1) is 63.1. The molecule has 0 unspecified atom stereocenters. The van der Waals surface area contributed by atoms with Gasteiger partial charge in [-0.1, -0.05) is 129 Å². The maximum absolute atomic E-state index is 14.4. The van der Waals surface area contributed by atoms with Crippen molar-refractivity contribution in [1.29, 1.82) is 0 Å². The fraction of sp³-hybridized carbons (Fsp3) is 0.469. The Morgan fingerprint density at radius 2 is 0.797 bits per heavy atom. The van der Waals surface area contributed by atoms with Gasteiger partial charge >= 0.3 is 0 Å². The number of carbonyl (C=O) groups is 6. The summed E-state index contributed by atoms with van der Waals surface area (Å²) in [5.74, 6) is -10.8. The van der Waals surface area contributed by atoms with E-state index in [2.05, 4.69) is 46.8 Å². The van der Waals surface area contributed by atoms with Crippen LogP contribution in [0.25, 0.3) is 0 Å². The molecular formula is C96H125BrF6N12O15S3. The number of pyridine rings is 3. The molecule has 0 spiro atoms. The van der Waals surface area contributed by atoms with Crippen LogP contribution in [0.3, 0.4) is 0 Å². The number of rotatable bonds is 50. The highest BCUT2D eigenvalue weighted by Gasteiger charge is 2.42. The van der Waals surface area contributed by atoms with E-state index in [4.69, 9.17) is 17.2 Å². The number of benzene rings is 5. The van der Waals surface area contributed by atoms with Crippen molar-refractivity contribution in [2.24, 2.45) is 17.2 Å². The summed E-state index contributed by atoms with van der Waals surface area (Å²) in [5, 5.41) is 39.6. The number of aryl methyl sites for hydroxylation is 2. The molecule has 0 bridgehead atoms. The van der Waals surface area contributed by atoms with Crippen LogP contribution in [0.15, 0.2) is 175 Å². The summed E-state index contributed by atoms with van der Waals surface area (Å²) in [6, 6.07) is 23.7. The van der Waals surface area contributed by atoms with Crippen LogP contribution in [0.5, 0.6) is 0 Å². The Balaban J connectivity index is 0.000000274. The summed E-state index contributed by atoms with van der Waals surface area (Å²) in [5.41, 5.74) is 23.3. The largest absolute Gasteiger partial charge is 0.390 e. The minimum absolute atomic E-state index is 0.0138. The predicted molar refractivity (Wildman–Crippen MR) is 502 cm³/mol. The maximum Gasteiger partial charge on any atom is 0.253 e. The lowest BCUT2D eigenvalue weighted by Gasteiger charge is -2.32. The Morgan fingerprint density at radius 1 is 0.421 bits per heavy atom. The summed E-state index contributed by atoms with van der Waals surface area (Å²) in [7, 11) is -11.4. The number of nitrogens with two attached hydrogens (primary N) is 3. The van der Waals surface area contributed by atoms with Crippen molar-refractivity contribution in [3.05, 3.63) is 266 Å². The van der Waals surface area contributed by atoms with Gasteiger partial charge in [-0.3, -0.25) is 43.7 Å².